The smallest absolute Gasteiger partial charge is 0.0510 e. The average Bonchev–Trinajstić information content (AvgIpc) is 2.69. The molecule has 1 aliphatic rings. The highest BCUT2D eigenvalue weighted by atomic mass is 32.2. The van der Waals surface area contributed by atoms with Crippen molar-refractivity contribution in [1.82, 2.24) is 5.32 Å². The van der Waals surface area contributed by atoms with Crippen LogP contribution in [0.5, 0.6) is 0 Å². The Kier molecular flexibility index (Phi) is 6.16. The molecule has 3 heteroatoms. The van der Waals surface area contributed by atoms with Crippen molar-refractivity contribution in [1.29, 1.82) is 0 Å². The predicted octanol–water partition coefficient (Wildman–Crippen LogP) is 2.92. The Hall–Kier alpha value is 0.270. The van der Waals surface area contributed by atoms with Gasteiger partial charge >= 0.3 is 0 Å². The second-order valence-corrected chi connectivity index (χ2v) is 7.45. The molecule has 2 atom stereocenters. The van der Waals surface area contributed by atoms with Crippen LogP contribution in [-0.2, 0) is 4.74 Å². The fourth-order valence-corrected chi connectivity index (χ4v) is 2.97. The first kappa shape index (κ1) is 14.3. The molecule has 0 radical (unpaired) electrons. The van der Waals surface area contributed by atoms with Gasteiger partial charge in [-0.2, -0.15) is 11.8 Å². The third-order valence-electron chi connectivity index (χ3n) is 2.89. The van der Waals surface area contributed by atoms with Crippen LogP contribution in [0.1, 0.15) is 40.5 Å². The third kappa shape index (κ3) is 5.55. The molecule has 0 amide bonds. The first-order valence-corrected chi connectivity index (χ1v) is 7.46. The lowest BCUT2D eigenvalue weighted by Gasteiger charge is -2.27. The summed E-state index contributed by atoms with van der Waals surface area (Å²) in [6.45, 7) is 12.1. The second-order valence-electron chi connectivity index (χ2n) is 5.61. The number of rotatable bonds is 6. The second kappa shape index (κ2) is 6.87. The van der Waals surface area contributed by atoms with Crippen LogP contribution >= 0.6 is 11.8 Å². The molecule has 0 aromatic carbocycles. The molecule has 1 aliphatic heterocycles. The van der Waals surface area contributed by atoms with E-state index in [1.165, 1.54) is 18.6 Å². The van der Waals surface area contributed by atoms with Crippen molar-refractivity contribution >= 4 is 11.8 Å². The molecule has 1 heterocycles. The summed E-state index contributed by atoms with van der Waals surface area (Å²) in [5.41, 5.74) is 0. The van der Waals surface area contributed by atoms with Gasteiger partial charge in [0.25, 0.3) is 0 Å². The molecule has 1 saturated heterocycles. The van der Waals surface area contributed by atoms with E-state index in [9.17, 15) is 0 Å². The molecule has 1 N–H and O–H groups in total. The molecular formula is C13H27NOS. The van der Waals surface area contributed by atoms with Crippen molar-refractivity contribution in [3.05, 3.63) is 0 Å². The van der Waals surface area contributed by atoms with Crippen LogP contribution < -0.4 is 5.32 Å². The summed E-state index contributed by atoms with van der Waals surface area (Å²) in [6.07, 6.45) is 2.44. The van der Waals surface area contributed by atoms with Gasteiger partial charge in [0.15, 0.2) is 0 Å². The molecule has 0 aromatic heterocycles. The van der Waals surface area contributed by atoms with Crippen molar-refractivity contribution in [2.75, 3.05) is 25.5 Å². The Morgan fingerprint density at radius 3 is 2.69 bits per heavy atom. The lowest BCUT2D eigenvalue weighted by atomic mass is 10.0. The van der Waals surface area contributed by atoms with Crippen LogP contribution in [0.25, 0.3) is 0 Å². The standard InChI is InChI=1S/C13H27NOS/c1-5-7-14-12(10-16-13(2,3)4)11-6-8-15-9-11/h11-12,14H,5-10H2,1-4H3. The molecule has 16 heavy (non-hydrogen) atoms. The van der Waals surface area contributed by atoms with Crippen molar-refractivity contribution < 1.29 is 4.74 Å². The van der Waals surface area contributed by atoms with Crippen LogP contribution in [0.4, 0.5) is 0 Å². The molecule has 0 aliphatic carbocycles. The largest absolute Gasteiger partial charge is 0.381 e. The van der Waals surface area contributed by atoms with Gasteiger partial charge < -0.3 is 10.1 Å². The highest BCUT2D eigenvalue weighted by Crippen LogP contribution is 2.27. The number of thioether (sulfide) groups is 1. The van der Waals surface area contributed by atoms with Crippen LogP contribution in [0.15, 0.2) is 0 Å². The van der Waals surface area contributed by atoms with E-state index in [0.29, 0.717) is 10.8 Å². The molecule has 1 fully saturated rings. The van der Waals surface area contributed by atoms with E-state index in [1.54, 1.807) is 0 Å². The lowest BCUT2D eigenvalue weighted by Crippen LogP contribution is -2.40. The molecule has 0 bridgehead atoms. The summed E-state index contributed by atoms with van der Waals surface area (Å²) in [5.74, 6) is 1.93. The molecule has 2 nitrogen and oxygen atoms in total. The van der Waals surface area contributed by atoms with Gasteiger partial charge in [-0.15, -0.1) is 0 Å². The van der Waals surface area contributed by atoms with Crippen molar-refractivity contribution in [2.24, 2.45) is 5.92 Å². The van der Waals surface area contributed by atoms with E-state index in [1.807, 2.05) is 0 Å². The van der Waals surface area contributed by atoms with Crippen LogP contribution in [0.3, 0.4) is 0 Å². The third-order valence-corrected chi connectivity index (χ3v) is 4.28. The zero-order valence-corrected chi connectivity index (χ0v) is 12.0. The Balaban J connectivity index is 2.36. The maximum absolute atomic E-state index is 5.50. The molecule has 96 valence electrons. The highest BCUT2D eigenvalue weighted by molar-refractivity contribution is 8.00. The van der Waals surface area contributed by atoms with Crippen molar-refractivity contribution in [2.45, 2.75) is 51.3 Å². The van der Waals surface area contributed by atoms with Gasteiger partial charge in [-0.05, 0) is 19.4 Å². The van der Waals surface area contributed by atoms with Crippen LogP contribution in [-0.4, -0.2) is 36.3 Å². The molecule has 0 saturated carbocycles. The summed E-state index contributed by atoms with van der Waals surface area (Å²) < 4.78 is 5.87. The van der Waals surface area contributed by atoms with Gasteiger partial charge in [0.05, 0.1) is 6.61 Å². The number of hydrogen-bond donors (Lipinski definition) is 1. The van der Waals surface area contributed by atoms with E-state index in [2.05, 4.69) is 44.8 Å². The minimum absolute atomic E-state index is 0.367. The quantitative estimate of drug-likeness (QED) is 0.777. The SMILES string of the molecule is CCCNC(CSC(C)(C)C)C1CCOC1. The molecule has 1 rings (SSSR count). The minimum atomic E-state index is 0.367. The normalized spacial score (nSPS) is 23.6. The van der Waals surface area contributed by atoms with Crippen LogP contribution in [0.2, 0.25) is 0 Å². The van der Waals surface area contributed by atoms with E-state index in [4.69, 9.17) is 4.74 Å². The molecule has 0 spiro atoms. The number of hydrogen-bond acceptors (Lipinski definition) is 3. The van der Waals surface area contributed by atoms with Gasteiger partial charge in [0.2, 0.25) is 0 Å². The van der Waals surface area contributed by atoms with E-state index < -0.39 is 0 Å². The zero-order chi connectivity index (χ0) is 12.0. The van der Waals surface area contributed by atoms with E-state index >= 15 is 0 Å². The van der Waals surface area contributed by atoms with Gasteiger partial charge in [-0.3, -0.25) is 0 Å². The Morgan fingerprint density at radius 2 is 2.19 bits per heavy atom. The number of nitrogens with one attached hydrogen (secondary N) is 1. The van der Waals surface area contributed by atoms with Gasteiger partial charge in [0, 0.05) is 29.1 Å². The topological polar surface area (TPSA) is 21.3 Å². The summed E-state index contributed by atoms with van der Waals surface area (Å²) in [4.78, 5) is 0. The Morgan fingerprint density at radius 1 is 1.44 bits per heavy atom. The number of ether oxygens (including phenoxy) is 1. The Labute approximate surface area is 105 Å². The van der Waals surface area contributed by atoms with Crippen molar-refractivity contribution in [3.8, 4) is 0 Å². The maximum Gasteiger partial charge on any atom is 0.0510 e. The zero-order valence-electron chi connectivity index (χ0n) is 11.2. The average molecular weight is 245 g/mol. The van der Waals surface area contributed by atoms with E-state index in [-0.39, 0.29) is 0 Å². The summed E-state index contributed by atoms with van der Waals surface area (Å²) in [7, 11) is 0. The molecule has 2 unspecified atom stereocenters. The predicted molar refractivity (Wildman–Crippen MR) is 73.2 cm³/mol. The first-order valence-electron chi connectivity index (χ1n) is 6.48. The fourth-order valence-electron chi connectivity index (χ4n) is 1.90. The first-order chi connectivity index (χ1) is 7.53. The maximum atomic E-state index is 5.50. The van der Waals surface area contributed by atoms with Crippen molar-refractivity contribution in [3.63, 3.8) is 0 Å². The summed E-state index contributed by atoms with van der Waals surface area (Å²) in [5, 5.41) is 3.68. The Bertz CT molecular complexity index is 185. The van der Waals surface area contributed by atoms with E-state index in [0.717, 1.165) is 25.7 Å². The lowest BCUT2D eigenvalue weighted by molar-refractivity contribution is 0.179. The fraction of sp³-hybridized carbons (Fsp3) is 1.00. The van der Waals surface area contributed by atoms with Gasteiger partial charge in [0.1, 0.15) is 0 Å². The highest BCUT2D eigenvalue weighted by Gasteiger charge is 2.26. The summed E-state index contributed by atoms with van der Waals surface area (Å²) in [6, 6.07) is 0.631. The molecule has 0 aromatic rings. The van der Waals surface area contributed by atoms with Gasteiger partial charge in [-0.1, -0.05) is 27.7 Å². The molecular weight excluding hydrogens is 218 g/mol. The van der Waals surface area contributed by atoms with Gasteiger partial charge in [-0.25, -0.2) is 0 Å². The minimum Gasteiger partial charge on any atom is -0.381 e. The summed E-state index contributed by atoms with van der Waals surface area (Å²) >= 11 is 2.06. The van der Waals surface area contributed by atoms with Crippen LogP contribution in [0, 0.1) is 5.92 Å². The monoisotopic (exact) mass is 245 g/mol.